The third-order valence-corrected chi connectivity index (χ3v) is 12.4. The summed E-state index contributed by atoms with van der Waals surface area (Å²) in [5, 5.41) is 0. The molecule has 1 heterocycles. The molecule has 0 aromatic rings. The zero-order valence-electron chi connectivity index (χ0n) is 28.9. The second-order valence-corrected chi connectivity index (χ2v) is 15.0. The highest BCUT2D eigenvalue weighted by molar-refractivity contribution is 5.69. The van der Waals surface area contributed by atoms with Crippen LogP contribution in [-0.2, 0) is 38.1 Å². The SMILES string of the molecule is COC(=O)CCC/C=C(\C)[C@H]1CC[C@H]2[C@@H]3CC=C4C[C@@H](OC5C=C[C@H](OC(C)=O)[C@@H](CCOC(C)=O)O5)CC[C@]4(C)[C@H]3CC[C@]12C. The van der Waals surface area contributed by atoms with Crippen molar-refractivity contribution in [1.29, 1.82) is 0 Å². The minimum Gasteiger partial charge on any atom is -0.469 e. The van der Waals surface area contributed by atoms with Crippen LogP contribution in [0.1, 0.15) is 112 Å². The van der Waals surface area contributed by atoms with Crippen LogP contribution < -0.4 is 0 Å². The quantitative estimate of drug-likeness (QED) is 0.0997. The minimum absolute atomic E-state index is 0.0709. The number of carbonyl (C=O) groups is 3. The Labute approximate surface area is 275 Å². The van der Waals surface area contributed by atoms with E-state index in [2.05, 4.69) is 32.9 Å². The van der Waals surface area contributed by atoms with Gasteiger partial charge in [-0.1, -0.05) is 37.1 Å². The molecule has 0 radical (unpaired) electrons. The Kier molecular flexibility index (Phi) is 11.2. The molecule has 0 amide bonds. The summed E-state index contributed by atoms with van der Waals surface area (Å²) in [7, 11) is 1.46. The van der Waals surface area contributed by atoms with Gasteiger partial charge in [0, 0.05) is 26.7 Å². The van der Waals surface area contributed by atoms with Gasteiger partial charge in [0.25, 0.3) is 0 Å². The Bertz CT molecular complexity index is 1220. The lowest BCUT2D eigenvalue weighted by Gasteiger charge is -2.58. The zero-order chi connectivity index (χ0) is 33.1. The highest BCUT2D eigenvalue weighted by Crippen LogP contribution is 2.67. The first kappa shape index (κ1) is 34.9. The molecule has 256 valence electrons. The van der Waals surface area contributed by atoms with E-state index >= 15 is 0 Å². The fraction of sp³-hybridized carbons (Fsp3) is 0.763. The molecule has 1 unspecified atom stereocenters. The van der Waals surface area contributed by atoms with Gasteiger partial charge in [-0.15, -0.1) is 0 Å². The van der Waals surface area contributed by atoms with E-state index < -0.39 is 18.5 Å². The second-order valence-electron chi connectivity index (χ2n) is 15.0. The van der Waals surface area contributed by atoms with E-state index in [0.29, 0.717) is 24.2 Å². The minimum atomic E-state index is -0.529. The van der Waals surface area contributed by atoms with Crippen molar-refractivity contribution in [3.8, 4) is 0 Å². The lowest BCUT2D eigenvalue weighted by molar-refractivity contribution is -0.206. The van der Waals surface area contributed by atoms with Crippen molar-refractivity contribution in [2.24, 2.45) is 34.5 Å². The molecule has 0 N–H and O–H groups in total. The molecule has 8 heteroatoms. The Hall–Kier alpha value is -2.45. The summed E-state index contributed by atoms with van der Waals surface area (Å²) in [6.45, 7) is 10.4. The summed E-state index contributed by atoms with van der Waals surface area (Å²) < 4.78 is 28.2. The van der Waals surface area contributed by atoms with Gasteiger partial charge in [-0.25, -0.2) is 0 Å². The van der Waals surface area contributed by atoms with E-state index in [1.807, 2.05) is 12.2 Å². The number of esters is 3. The first-order valence-corrected chi connectivity index (χ1v) is 17.7. The first-order valence-electron chi connectivity index (χ1n) is 17.7. The predicted molar refractivity (Wildman–Crippen MR) is 174 cm³/mol. The van der Waals surface area contributed by atoms with Crippen LogP contribution in [0.25, 0.3) is 0 Å². The smallest absolute Gasteiger partial charge is 0.305 e. The van der Waals surface area contributed by atoms with Crippen LogP contribution in [0.5, 0.6) is 0 Å². The van der Waals surface area contributed by atoms with Gasteiger partial charge in [0.05, 0.1) is 19.8 Å². The molecule has 1 aliphatic heterocycles. The Morgan fingerprint density at radius 2 is 1.80 bits per heavy atom. The van der Waals surface area contributed by atoms with Crippen molar-refractivity contribution in [2.75, 3.05) is 13.7 Å². The van der Waals surface area contributed by atoms with Crippen molar-refractivity contribution in [2.45, 2.75) is 136 Å². The molecule has 46 heavy (non-hydrogen) atoms. The number of hydrogen-bond acceptors (Lipinski definition) is 8. The summed E-state index contributed by atoms with van der Waals surface area (Å²) in [6, 6.07) is 0. The Balaban J connectivity index is 1.20. The number of unbranched alkanes of at least 4 members (excludes halogenated alkanes) is 1. The van der Waals surface area contributed by atoms with Crippen LogP contribution in [-0.4, -0.2) is 56.2 Å². The maximum atomic E-state index is 11.7. The lowest BCUT2D eigenvalue weighted by Crippen LogP contribution is -2.51. The van der Waals surface area contributed by atoms with E-state index in [-0.39, 0.29) is 36.0 Å². The molecule has 0 bridgehead atoms. The van der Waals surface area contributed by atoms with E-state index in [4.69, 9.17) is 23.7 Å². The number of fused-ring (bicyclic) bond motifs is 5. The van der Waals surface area contributed by atoms with E-state index in [0.717, 1.165) is 49.9 Å². The molecular formula is C38H56O8. The van der Waals surface area contributed by atoms with Crippen molar-refractivity contribution in [1.82, 2.24) is 0 Å². The molecule has 0 aromatic carbocycles. The lowest BCUT2D eigenvalue weighted by atomic mass is 9.47. The fourth-order valence-electron chi connectivity index (χ4n) is 10.1. The normalized spacial score (nSPS) is 38.6. The largest absolute Gasteiger partial charge is 0.469 e. The molecule has 3 fully saturated rings. The van der Waals surface area contributed by atoms with Crippen LogP contribution in [0.2, 0.25) is 0 Å². The Morgan fingerprint density at radius 1 is 1.00 bits per heavy atom. The van der Waals surface area contributed by atoms with Crippen LogP contribution in [0.4, 0.5) is 0 Å². The average Bonchev–Trinajstić information content (AvgIpc) is 3.37. The highest BCUT2D eigenvalue weighted by Gasteiger charge is 2.58. The summed E-state index contributed by atoms with van der Waals surface area (Å²) >= 11 is 0. The summed E-state index contributed by atoms with van der Waals surface area (Å²) in [6.07, 6.45) is 19.4. The number of hydrogen-bond donors (Lipinski definition) is 0. The molecule has 0 spiro atoms. The van der Waals surface area contributed by atoms with E-state index in [1.165, 1.54) is 58.6 Å². The third-order valence-electron chi connectivity index (χ3n) is 12.4. The standard InChI is InChI=1S/C38H56O8/c1-24(9-7-8-10-35(41)42-6)30-13-14-31-29-12-11-27-23-28(17-20-37(27,4)32(29)18-21-38(30,31)5)45-36-16-15-33(44-26(3)40)34(46-36)19-22-43-25(2)39/h9,11,15-16,28-34,36H,7-8,10,12-14,17-23H2,1-6H3/b24-9+/t28-,29-,30+,31-,32-,33-,34+,36?,37-,38+/m0/s1. The summed E-state index contributed by atoms with van der Waals surface area (Å²) in [5.41, 5.74) is 3.66. The van der Waals surface area contributed by atoms with Gasteiger partial charge in [-0.2, -0.15) is 0 Å². The van der Waals surface area contributed by atoms with Crippen molar-refractivity contribution >= 4 is 17.9 Å². The molecular weight excluding hydrogens is 584 g/mol. The van der Waals surface area contributed by atoms with Crippen molar-refractivity contribution < 1.29 is 38.1 Å². The average molecular weight is 641 g/mol. The van der Waals surface area contributed by atoms with Crippen LogP contribution in [0.3, 0.4) is 0 Å². The van der Waals surface area contributed by atoms with Gasteiger partial charge in [-0.3, -0.25) is 14.4 Å². The molecule has 5 rings (SSSR count). The monoisotopic (exact) mass is 640 g/mol. The number of carbonyl (C=O) groups excluding carboxylic acids is 3. The Morgan fingerprint density at radius 3 is 2.54 bits per heavy atom. The molecule has 4 aliphatic carbocycles. The summed E-state index contributed by atoms with van der Waals surface area (Å²) in [4.78, 5) is 34.5. The van der Waals surface area contributed by atoms with E-state index in [1.54, 1.807) is 5.57 Å². The molecule has 0 aromatic heterocycles. The third kappa shape index (κ3) is 7.48. The fourth-order valence-corrected chi connectivity index (χ4v) is 10.1. The maximum Gasteiger partial charge on any atom is 0.305 e. The van der Waals surface area contributed by atoms with Crippen molar-refractivity contribution in [3.63, 3.8) is 0 Å². The molecule has 5 aliphatic rings. The van der Waals surface area contributed by atoms with Gasteiger partial charge < -0.3 is 23.7 Å². The first-order chi connectivity index (χ1) is 21.9. The number of rotatable bonds is 11. The molecule has 0 saturated heterocycles. The van der Waals surface area contributed by atoms with Crippen molar-refractivity contribution in [3.05, 3.63) is 35.5 Å². The topological polar surface area (TPSA) is 97.4 Å². The number of allylic oxidation sites excluding steroid dienone is 3. The van der Waals surface area contributed by atoms with Gasteiger partial charge in [0.2, 0.25) is 0 Å². The molecule has 10 atom stereocenters. The molecule has 3 saturated carbocycles. The highest BCUT2D eigenvalue weighted by atomic mass is 16.7. The van der Waals surface area contributed by atoms with Crippen LogP contribution in [0.15, 0.2) is 35.5 Å². The maximum absolute atomic E-state index is 11.7. The van der Waals surface area contributed by atoms with E-state index in [9.17, 15) is 14.4 Å². The predicted octanol–water partition coefficient (Wildman–Crippen LogP) is 7.41. The molecule has 8 nitrogen and oxygen atoms in total. The van der Waals surface area contributed by atoms with Crippen LogP contribution in [0, 0.1) is 34.5 Å². The zero-order valence-corrected chi connectivity index (χ0v) is 28.9. The summed E-state index contributed by atoms with van der Waals surface area (Å²) in [5.74, 6) is 2.01. The number of ether oxygens (including phenoxy) is 5. The second kappa shape index (κ2) is 14.8. The van der Waals surface area contributed by atoms with Gasteiger partial charge >= 0.3 is 17.9 Å². The van der Waals surface area contributed by atoms with Crippen LogP contribution >= 0.6 is 0 Å². The van der Waals surface area contributed by atoms with Gasteiger partial charge in [0.15, 0.2) is 6.29 Å². The van der Waals surface area contributed by atoms with Gasteiger partial charge in [-0.05, 0) is 118 Å². The number of methoxy groups -OCH3 is 1. The van der Waals surface area contributed by atoms with Gasteiger partial charge in [0.1, 0.15) is 12.2 Å².